The quantitative estimate of drug-likeness (QED) is 0.355. The molecule has 2 aromatic heterocycles. The number of aliphatic hydroxyl groups is 1. The molecule has 1 aliphatic rings. The summed E-state index contributed by atoms with van der Waals surface area (Å²) in [5.41, 5.74) is 0.751. The Morgan fingerprint density at radius 2 is 2.12 bits per heavy atom. The van der Waals surface area contributed by atoms with Crippen molar-refractivity contribution in [1.29, 1.82) is 0 Å². The summed E-state index contributed by atoms with van der Waals surface area (Å²) in [7, 11) is 3.57. The second-order valence-electron chi connectivity index (χ2n) is 7.93. The van der Waals surface area contributed by atoms with Gasteiger partial charge in [0.15, 0.2) is 11.2 Å². The highest BCUT2D eigenvalue weighted by Crippen LogP contribution is 2.34. The molecule has 0 saturated carbocycles. The highest BCUT2D eigenvalue weighted by molar-refractivity contribution is 5.71. The van der Waals surface area contributed by atoms with E-state index in [2.05, 4.69) is 19.9 Å². The molecule has 33 heavy (non-hydrogen) atoms. The van der Waals surface area contributed by atoms with Crippen LogP contribution in [0, 0.1) is 0 Å². The molecule has 1 unspecified atom stereocenters. The number of aromatic amines is 1. The van der Waals surface area contributed by atoms with Gasteiger partial charge in [-0.2, -0.15) is 4.98 Å². The first-order chi connectivity index (χ1) is 15.9. The monoisotopic (exact) mass is 455 g/mol. The number of aromatic nitrogens is 4. The van der Waals surface area contributed by atoms with Crippen molar-refractivity contribution < 1.29 is 19.7 Å². The molecule has 3 atom stereocenters. The van der Waals surface area contributed by atoms with Crippen molar-refractivity contribution in [3.63, 3.8) is 0 Å². The molecule has 1 amide bonds. The normalized spacial score (nSPS) is 20.5. The number of aliphatic imine (C=N–C) groups is 1. The lowest BCUT2D eigenvalue weighted by Crippen LogP contribution is -2.44. The number of carboxylic acid groups (broad SMARTS) is 1. The van der Waals surface area contributed by atoms with E-state index in [9.17, 15) is 19.8 Å². The maximum Gasteiger partial charge on any atom is 0.407 e. The number of benzene rings is 1. The Balaban J connectivity index is 1.65. The van der Waals surface area contributed by atoms with E-state index in [0.29, 0.717) is 0 Å². The van der Waals surface area contributed by atoms with Crippen molar-refractivity contribution in [3.8, 4) is 0 Å². The number of imidazole rings is 1. The molecule has 3 aromatic rings. The number of aliphatic hydroxyl groups excluding tert-OH is 1. The Kier molecular flexibility index (Phi) is 6.38. The van der Waals surface area contributed by atoms with Gasteiger partial charge in [0.1, 0.15) is 12.3 Å². The lowest BCUT2D eigenvalue weighted by Gasteiger charge is -2.28. The number of nitrogens with one attached hydrogen (secondary N) is 1. The van der Waals surface area contributed by atoms with E-state index >= 15 is 0 Å². The minimum absolute atomic E-state index is 0.104. The lowest BCUT2D eigenvalue weighted by molar-refractivity contribution is -0.0346. The van der Waals surface area contributed by atoms with Crippen LogP contribution >= 0.6 is 0 Å². The third-order valence-electron chi connectivity index (χ3n) is 5.37. The molecule has 12 nitrogen and oxygen atoms in total. The van der Waals surface area contributed by atoms with Crippen molar-refractivity contribution in [1.82, 2.24) is 29.3 Å². The maximum absolute atomic E-state index is 12.4. The molecule has 1 aromatic carbocycles. The molecule has 0 bridgehead atoms. The average molecular weight is 455 g/mol. The van der Waals surface area contributed by atoms with Crippen LogP contribution in [-0.2, 0) is 11.3 Å². The fourth-order valence-corrected chi connectivity index (χ4v) is 3.84. The first-order valence-electron chi connectivity index (χ1n) is 10.3. The molecule has 0 spiro atoms. The first kappa shape index (κ1) is 22.4. The SMILES string of the molecule is CN(C)C=Nc1nc2c(ncn2[C@H]2CC(N(Cc3ccccc3)C(=O)O)[C@@H](CO)O2)c(=O)[nH]1. The van der Waals surface area contributed by atoms with Crippen molar-refractivity contribution in [2.45, 2.75) is 31.3 Å². The number of rotatable bonds is 7. The molecular formula is C21H25N7O5. The number of H-pyrrole nitrogens is 1. The van der Waals surface area contributed by atoms with Gasteiger partial charge in [-0.3, -0.25) is 19.2 Å². The van der Waals surface area contributed by atoms with Gasteiger partial charge in [-0.1, -0.05) is 30.3 Å². The number of nitrogens with zero attached hydrogens (tertiary/aromatic N) is 6. The van der Waals surface area contributed by atoms with Crippen molar-refractivity contribution >= 4 is 29.5 Å². The van der Waals surface area contributed by atoms with E-state index in [-0.39, 0.29) is 36.7 Å². The molecule has 12 heteroatoms. The third-order valence-corrected chi connectivity index (χ3v) is 5.37. The smallest absolute Gasteiger partial charge is 0.407 e. The summed E-state index contributed by atoms with van der Waals surface area (Å²) < 4.78 is 7.57. The summed E-state index contributed by atoms with van der Waals surface area (Å²) in [4.78, 5) is 42.7. The molecule has 1 fully saturated rings. The van der Waals surface area contributed by atoms with Crippen LogP contribution in [0.3, 0.4) is 0 Å². The number of hydrogen-bond donors (Lipinski definition) is 3. The van der Waals surface area contributed by atoms with Gasteiger partial charge in [0, 0.05) is 27.1 Å². The van der Waals surface area contributed by atoms with E-state index < -0.39 is 30.0 Å². The van der Waals surface area contributed by atoms with Gasteiger partial charge in [0.2, 0.25) is 5.95 Å². The van der Waals surface area contributed by atoms with Gasteiger partial charge in [-0.05, 0) is 5.56 Å². The Labute approximate surface area is 188 Å². The fraction of sp³-hybridized carbons (Fsp3) is 0.381. The van der Waals surface area contributed by atoms with Gasteiger partial charge in [0.25, 0.3) is 5.56 Å². The van der Waals surface area contributed by atoms with Crippen LogP contribution < -0.4 is 5.56 Å². The van der Waals surface area contributed by atoms with Crippen molar-refractivity contribution in [3.05, 3.63) is 52.6 Å². The number of hydrogen-bond acceptors (Lipinski definition) is 7. The van der Waals surface area contributed by atoms with Gasteiger partial charge in [-0.25, -0.2) is 14.8 Å². The zero-order valence-corrected chi connectivity index (χ0v) is 18.2. The fourth-order valence-electron chi connectivity index (χ4n) is 3.84. The van der Waals surface area contributed by atoms with Crippen LogP contribution in [-0.4, -0.2) is 84.8 Å². The molecule has 1 saturated heterocycles. The topological polar surface area (TPSA) is 149 Å². The van der Waals surface area contributed by atoms with Crippen molar-refractivity contribution in [2.24, 2.45) is 4.99 Å². The van der Waals surface area contributed by atoms with E-state index in [4.69, 9.17) is 4.74 Å². The Morgan fingerprint density at radius 1 is 1.36 bits per heavy atom. The summed E-state index contributed by atoms with van der Waals surface area (Å²) in [6.45, 7) is -0.210. The van der Waals surface area contributed by atoms with Gasteiger partial charge in [0.05, 0.1) is 25.3 Å². The predicted octanol–water partition coefficient (Wildman–Crippen LogP) is 1.17. The molecule has 1 aliphatic heterocycles. The van der Waals surface area contributed by atoms with E-state index in [1.165, 1.54) is 17.6 Å². The maximum atomic E-state index is 12.4. The molecular weight excluding hydrogens is 430 g/mol. The van der Waals surface area contributed by atoms with Crippen LogP contribution in [0.2, 0.25) is 0 Å². The van der Waals surface area contributed by atoms with Crippen LogP contribution in [0.1, 0.15) is 18.2 Å². The summed E-state index contributed by atoms with van der Waals surface area (Å²) in [5.74, 6) is 0.104. The minimum Gasteiger partial charge on any atom is -0.465 e. The summed E-state index contributed by atoms with van der Waals surface area (Å²) in [6.07, 6.45) is 0.645. The van der Waals surface area contributed by atoms with E-state index in [0.717, 1.165) is 5.56 Å². The second-order valence-corrected chi connectivity index (χ2v) is 7.93. The van der Waals surface area contributed by atoms with Crippen LogP contribution in [0.25, 0.3) is 11.2 Å². The molecule has 0 aliphatic carbocycles. The Morgan fingerprint density at radius 3 is 2.79 bits per heavy atom. The molecule has 4 rings (SSSR count). The largest absolute Gasteiger partial charge is 0.465 e. The van der Waals surface area contributed by atoms with E-state index in [1.807, 2.05) is 30.3 Å². The Bertz CT molecular complexity index is 1210. The van der Waals surface area contributed by atoms with Crippen LogP contribution in [0.5, 0.6) is 0 Å². The standard InChI is InChI=1S/C21H25N7O5/c1-26(2)11-23-20-24-18-17(19(30)25-20)22-12-28(18)16-8-14(15(10-29)33-16)27(21(31)32)9-13-6-4-3-5-7-13/h3-7,11-12,14-16,29H,8-10H2,1-2H3,(H,31,32)(H,24,25,30)/t14?,15-,16-/m1/s1. The Hall–Kier alpha value is -3.77. The number of ether oxygens (including phenoxy) is 1. The first-order valence-corrected chi connectivity index (χ1v) is 10.3. The third kappa shape index (κ3) is 4.71. The van der Waals surface area contributed by atoms with Gasteiger partial charge >= 0.3 is 6.09 Å². The highest BCUT2D eigenvalue weighted by Gasteiger charge is 2.42. The zero-order chi connectivity index (χ0) is 23.5. The summed E-state index contributed by atoms with van der Waals surface area (Å²) in [5, 5.41) is 19.8. The zero-order valence-electron chi connectivity index (χ0n) is 18.2. The van der Waals surface area contributed by atoms with Crippen LogP contribution in [0.4, 0.5) is 10.7 Å². The van der Waals surface area contributed by atoms with Gasteiger partial charge in [-0.15, -0.1) is 0 Å². The number of fused-ring (bicyclic) bond motifs is 1. The minimum atomic E-state index is -1.11. The summed E-state index contributed by atoms with van der Waals surface area (Å²) >= 11 is 0. The van der Waals surface area contributed by atoms with Crippen LogP contribution in [0.15, 0.2) is 46.4 Å². The van der Waals surface area contributed by atoms with Gasteiger partial charge < -0.3 is 19.8 Å². The second kappa shape index (κ2) is 9.38. The summed E-state index contributed by atoms with van der Waals surface area (Å²) in [6, 6.07) is 8.60. The highest BCUT2D eigenvalue weighted by atomic mass is 16.5. The molecule has 174 valence electrons. The number of amides is 1. The molecule has 3 heterocycles. The molecule has 3 N–H and O–H groups in total. The average Bonchev–Trinajstić information content (AvgIpc) is 3.40. The van der Waals surface area contributed by atoms with E-state index in [1.54, 1.807) is 23.6 Å². The lowest BCUT2D eigenvalue weighted by atomic mass is 10.1. The van der Waals surface area contributed by atoms with Crippen molar-refractivity contribution in [2.75, 3.05) is 20.7 Å². The molecule has 0 radical (unpaired) electrons. The predicted molar refractivity (Wildman–Crippen MR) is 119 cm³/mol. The number of carbonyl (C=O) groups is 1.